The molecule has 3 aromatic carbocycles. The zero-order valence-electron chi connectivity index (χ0n) is 22.4. The molecule has 0 fully saturated rings. The summed E-state index contributed by atoms with van der Waals surface area (Å²) in [5.74, 6) is -1.65. The molecule has 4 rings (SSSR count). The van der Waals surface area contributed by atoms with E-state index in [0.29, 0.717) is 5.56 Å². The van der Waals surface area contributed by atoms with Crippen LogP contribution in [0.3, 0.4) is 0 Å². The Morgan fingerprint density at radius 2 is 1.48 bits per heavy atom. The number of carbonyl (C=O) groups is 1. The summed E-state index contributed by atoms with van der Waals surface area (Å²) >= 11 is 6.05. The first kappa shape index (κ1) is 31.1. The lowest BCUT2D eigenvalue weighted by Crippen LogP contribution is -2.61. The fraction of sp³-hybridized carbons (Fsp3) is 0.226. The summed E-state index contributed by atoms with van der Waals surface area (Å²) in [7, 11) is 0.743. The van der Waals surface area contributed by atoms with Crippen molar-refractivity contribution in [1.82, 2.24) is 10.3 Å². The van der Waals surface area contributed by atoms with Crippen LogP contribution >= 0.6 is 11.6 Å². The minimum absolute atomic E-state index is 0.0404. The van der Waals surface area contributed by atoms with Crippen LogP contribution in [0.5, 0.6) is 0 Å². The largest absolute Gasteiger partial charge is 0.430 e. The second-order valence-electron chi connectivity index (χ2n) is 9.66. The third-order valence-corrected chi connectivity index (χ3v) is 7.27. The van der Waals surface area contributed by atoms with Crippen LogP contribution in [-0.4, -0.2) is 24.2 Å². The average molecular weight is 607 g/mol. The molecule has 0 saturated heterocycles. The SMILES string of the molecule is CO[C@](C(=O)N[C@@](Cc1ccccc1)(c1ccc(C)c(C(F)(F)F)c1)c1ccc(Cl)cn1)(c1ccccc1)C(F)(F)F. The molecule has 2 atom stereocenters. The molecule has 1 heterocycles. The summed E-state index contributed by atoms with van der Waals surface area (Å²) in [6.07, 6.45) is -9.13. The molecule has 0 saturated carbocycles. The van der Waals surface area contributed by atoms with Crippen LogP contribution in [0.1, 0.15) is 33.5 Å². The second-order valence-corrected chi connectivity index (χ2v) is 10.1. The van der Waals surface area contributed by atoms with E-state index in [4.69, 9.17) is 16.3 Å². The van der Waals surface area contributed by atoms with Gasteiger partial charge in [0, 0.05) is 25.3 Å². The van der Waals surface area contributed by atoms with E-state index in [1.807, 2.05) is 0 Å². The van der Waals surface area contributed by atoms with Gasteiger partial charge in [-0.15, -0.1) is 0 Å². The molecule has 42 heavy (non-hydrogen) atoms. The van der Waals surface area contributed by atoms with Gasteiger partial charge in [0.25, 0.3) is 11.5 Å². The number of benzene rings is 3. The summed E-state index contributed by atoms with van der Waals surface area (Å²) in [6, 6.07) is 20.7. The van der Waals surface area contributed by atoms with Crippen molar-refractivity contribution in [2.75, 3.05) is 7.11 Å². The zero-order chi connectivity index (χ0) is 30.8. The number of alkyl halides is 6. The van der Waals surface area contributed by atoms with Crippen molar-refractivity contribution >= 4 is 17.5 Å². The smallest absolute Gasteiger partial charge is 0.356 e. The van der Waals surface area contributed by atoms with Crippen molar-refractivity contribution in [3.63, 3.8) is 0 Å². The zero-order valence-corrected chi connectivity index (χ0v) is 23.1. The quantitative estimate of drug-likeness (QED) is 0.209. The molecule has 11 heteroatoms. The van der Waals surface area contributed by atoms with E-state index in [2.05, 4.69) is 10.3 Å². The number of amides is 1. The Kier molecular flexibility index (Phi) is 8.71. The highest BCUT2D eigenvalue weighted by atomic mass is 35.5. The Bertz CT molecular complexity index is 1530. The van der Waals surface area contributed by atoms with Crippen molar-refractivity contribution < 1.29 is 35.9 Å². The van der Waals surface area contributed by atoms with E-state index < -0.39 is 40.5 Å². The highest BCUT2D eigenvalue weighted by Gasteiger charge is 2.64. The van der Waals surface area contributed by atoms with Crippen LogP contribution in [-0.2, 0) is 33.3 Å². The predicted octanol–water partition coefficient (Wildman–Crippen LogP) is 7.77. The van der Waals surface area contributed by atoms with Crippen molar-refractivity contribution in [3.8, 4) is 0 Å². The molecule has 1 N–H and O–H groups in total. The lowest BCUT2D eigenvalue weighted by molar-refractivity contribution is -0.266. The highest BCUT2D eigenvalue weighted by molar-refractivity contribution is 6.30. The molecule has 0 aliphatic heterocycles. The number of carbonyl (C=O) groups excluding carboxylic acids is 1. The van der Waals surface area contributed by atoms with Crippen molar-refractivity contribution in [3.05, 3.63) is 136 Å². The first-order valence-electron chi connectivity index (χ1n) is 12.6. The van der Waals surface area contributed by atoms with Crippen LogP contribution < -0.4 is 5.32 Å². The van der Waals surface area contributed by atoms with Crippen LogP contribution in [0.2, 0.25) is 5.02 Å². The number of aryl methyl sites for hydroxylation is 1. The summed E-state index contributed by atoms with van der Waals surface area (Å²) in [5.41, 5.74) is -6.89. The monoisotopic (exact) mass is 606 g/mol. The number of halogens is 7. The Labute approximate surface area is 243 Å². The van der Waals surface area contributed by atoms with Gasteiger partial charge in [-0.1, -0.05) is 84.4 Å². The van der Waals surface area contributed by atoms with Gasteiger partial charge in [-0.25, -0.2) is 0 Å². The van der Waals surface area contributed by atoms with Gasteiger partial charge >= 0.3 is 12.4 Å². The molecule has 4 aromatic rings. The van der Waals surface area contributed by atoms with Gasteiger partial charge in [-0.05, 0) is 41.8 Å². The number of hydrogen-bond donors (Lipinski definition) is 1. The number of aromatic nitrogens is 1. The molecular weight excluding hydrogens is 582 g/mol. The van der Waals surface area contributed by atoms with Gasteiger partial charge < -0.3 is 10.1 Å². The maximum Gasteiger partial charge on any atom is 0.430 e. The summed E-state index contributed by atoms with van der Waals surface area (Å²) < 4.78 is 91.9. The van der Waals surface area contributed by atoms with E-state index >= 15 is 0 Å². The summed E-state index contributed by atoms with van der Waals surface area (Å²) in [5, 5.41) is 2.64. The third-order valence-electron chi connectivity index (χ3n) is 7.04. The minimum atomic E-state index is -5.27. The maximum atomic E-state index is 14.9. The van der Waals surface area contributed by atoms with Crippen molar-refractivity contribution in [2.24, 2.45) is 0 Å². The molecule has 1 aromatic heterocycles. The summed E-state index contributed by atoms with van der Waals surface area (Å²) in [6.45, 7) is 1.26. The maximum absolute atomic E-state index is 14.9. The molecule has 0 unspecified atom stereocenters. The van der Waals surface area contributed by atoms with Crippen LogP contribution in [0.15, 0.2) is 97.2 Å². The number of nitrogens with one attached hydrogen (secondary N) is 1. The number of pyridine rings is 1. The van der Waals surface area contributed by atoms with Gasteiger partial charge in [0.1, 0.15) is 5.54 Å². The molecule has 0 bridgehead atoms. The fourth-order valence-corrected chi connectivity index (χ4v) is 5.06. The molecule has 1 amide bonds. The molecule has 0 radical (unpaired) electrons. The lowest BCUT2D eigenvalue weighted by Gasteiger charge is -2.40. The molecular formula is C31H25ClF6N2O2. The van der Waals surface area contributed by atoms with E-state index in [1.165, 1.54) is 55.6 Å². The standard InChI is InChI=1S/C31H25ClF6N2O2/c1-20-13-14-23(17-25(20)30(33,34)35)28(18-21-9-5-3-6-10-21,26-16-15-24(32)19-39-26)40-27(41)29(42-2,31(36,37)38)22-11-7-4-8-12-22/h3-17,19H,18H2,1-2H3,(H,40,41)/t28-,29-/m0/s1. The predicted molar refractivity (Wildman–Crippen MR) is 146 cm³/mol. The molecule has 0 aliphatic rings. The van der Waals surface area contributed by atoms with Crippen LogP contribution in [0.25, 0.3) is 0 Å². The number of ether oxygens (including phenoxy) is 1. The summed E-state index contributed by atoms with van der Waals surface area (Å²) in [4.78, 5) is 18.4. The van der Waals surface area contributed by atoms with E-state index in [9.17, 15) is 31.1 Å². The van der Waals surface area contributed by atoms with Crippen molar-refractivity contribution in [1.29, 1.82) is 0 Å². The van der Waals surface area contributed by atoms with Crippen LogP contribution in [0.4, 0.5) is 26.3 Å². The Hall–Kier alpha value is -3.89. The molecule has 4 nitrogen and oxygen atoms in total. The highest BCUT2D eigenvalue weighted by Crippen LogP contribution is 2.45. The van der Waals surface area contributed by atoms with Crippen molar-refractivity contribution in [2.45, 2.75) is 36.8 Å². The van der Waals surface area contributed by atoms with E-state index in [-0.39, 0.29) is 28.3 Å². The van der Waals surface area contributed by atoms with E-state index in [1.54, 1.807) is 30.3 Å². The molecule has 0 spiro atoms. The number of nitrogens with zero attached hydrogens (tertiary/aromatic N) is 1. The lowest BCUT2D eigenvalue weighted by atomic mass is 9.78. The van der Waals surface area contributed by atoms with Gasteiger partial charge in [0.15, 0.2) is 0 Å². The van der Waals surface area contributed by atoms with Gasteiger partial charge in [0.05, 0.1) is 16.3 Å². The van der Waals surface area contributed by atoms with Gasteiger partial charge in [-0.3, -0.25) is 9.78 Å². The normalized spacial score (nSPS) is 15.0. The minimum Gasteiger partial charge on any atom is -0.356 e. The first-order chi connectivity index (χ1) is 19.7. The molecule has 220 valence electrons. The van der Waals surface area contributed by atoms with Gasteiger partial charge in [-0.2, -0.15) is 26.3 Å². The van der Waals surface area contributed by atoms with Gasteiger partial charge in [0.2, 0.25) is 0 Å². The van der Waals surface area contributed by atoms with E-state index in [0.717, 1.165) is 25.3 Å². The Morgan fingerprint density at radius 1 is 0.857 bits per heavy atom. The first-order valence-corrected chi connectivity index (χ1v) is 13.0. The third kappa shape index (κ3) is 5.87. The van der Waals surface area contributed by atoms with Crippen LogP contribution in [0, 0.1) is 6.92 Å². The molecule has 0 aliphatic carbocycles. The topological polar surface area (TPSA) is 51.2 Å². The Balaban J connectivity index is 2.05. The Morgan fingerprint density at radius 3 is 2.00 bits per heavy atom. The fourth-order valence-electron chi connectivity index (χ4n) is 4.95. The number of methoxy groups -OCH3 is 1. The second kappa shape index (κ2) is 11.8. The number of rotatable bonds is 8. The number of hydrogen-bond acceptors (Lipinski definition) is 3. The average Bonchev–Trinajstić information content (AvgIpc) is 2.94.